The number of carbonyl (C=O) groups excluding carboxylic acids is 1. The molecule has 0 bridgehead atoms. The zero-order chi connectivity index (χ0) is 15.6. The van der Waals surface area contributed by atoms with Gasteiger partial charge in [-0.25, -0.2) is 4.79 Å². The normalized spacial score (nSPS) is 14.1. The Bertz CT molecular complexity index is 573. The summed E-state index contributed by atoms with van der Waals surface area (Å²) in [4.78, 5) is 23.4. The minimum Gasteiger partial charge on any atom is -0.480 e. The maximum atomic E-state index is 12.2. The Balaban J connectivity index is 2.16. The van der Waals surface area contributed by atoms with Crippen molar-refractivity contribution in [3.63, 3.8) is 0 Å². The highest BCUT2D eigenvalue weighted by Gasteiger charge is 2.24. The van der Waals surface area contributed by atoms with Crippen LogP contribution in [0.15, 0.2) is 16.6 Å². The van der Waals surface area contributed by atoms with Gasteiger partial charge < -0.3 is 19.9 Å². The van der Waals surface area contributed by atoms with Crippen molar-refractivity contribution in [2.45, 2.75) is 26.3 Å². The Morgan fingerprint density at radius 2 is 2.10 bits per heavy atom. The number of nitrogens with one attached hydrogen (secondary N) is 1. The summed E-state index contributed by atoms with van der Waals surface area (Å²) in [6.45, 7) is 3.91. The van der Waals surface area contributed by atoms with Crippen molar-refractivity contribution in [3.8, 4) is 11.5 Å². The lowest BCUT2D eigenvalue weighted by molar-refractivity contribution is -0.139. The lowest BCUT2D eigenvalue weighted by Gasteiger charge is -2.16. The Morgan fingerprint density at radius 1 is 1.38 bits per heavy atom. The fourth-order valence-electron chi connectivity index (χ4n) is 2.03. The average molecular weight is 358 g/mol. The molecule has 1 aromatic rings. The molecule has 0 saturated heterocycles. The number of hydrogen-bond acceptors (Lipinski definition) is 4. The van der Waals surface area contributed by atoms with E-state index in [0.717, 1.165) is 0 Å². The molecular formula is C14H16BrNO5. The van der Waals surface area contributed by atoms with E-state index >= 15 is 0 Å². The van der Waals surface area contributed by atoms with E-state index in [9.17, 15) is 9.59 Å². The third-order valence-electron chi connectivity index (χ3n) is 3.00. The van der Waals surface area contributed by atoms with Gasteiger partial charge in [-0.1, -0.05) is 13.8 Å². The fourth-order valence-corrected chi connectivity index (χ4v) is 2.59. The molecule has 1 aliphatic heterocycles. The zero-order valence-electron chi connectivity index (χ0n) is 11.7. The van der Waals surface area contributed by atoms with Crippen LogP contribution in [0.2, 0.25) is 0 Å². The van der Waals surface area contributed by atoms with Crippen LogP contribution >= 0.6 is 15.9 Å². The molecule has 0 aliphatic carbocycles. The van der Waals surface area contributed by atoms with Crippen LogP contribution in [0, 0.1) is 5.92 Å². The first-order chi connectivity index (χ1) is 9.88. The summed E-state index contributed by atoms with van der Waals surface area (Å²) < 4.78 is 11.1. The van der Waals surface area contributed by atoms with Crippen LogP contribution in [-0.4, -0.2) is 29.8 Å². The highest BCUT2D eigenvalue weighted by molar-refractivity contribution is 9.10. The second-order valence-corrected chi connectivity index (χ2v) is 6.04. The summed E-state index contributed by atoms with van der Waals surface area (Å²) in [7, 11) is 0. The van der Waals surface area contributed by atoms with E-state index in [4.69, 9.17) is 14.6 Å². The number of benzene rings is 1. The lowest BCUT2D eigenvalue weighted by Crippen LogP contribution is -2.41. The van der Waals surface area contributed by atoms with E-state index in [1.54, 1.807) is 6.07 Å². The number of carboxylic acid groups (broad SMARTS) is 1. The second kappa shape index (κ2) is 6.34. The Hall–Kier alpha value is -1.76. The average Bonchev–Trinajstić information content (AvgIpc) is 2.85. The molecule has 6 nitrogen and oxygen atoms in total. The highest BCUT2D eigenvalue weighted by atomic mass is 79.9. The lowest BCUT2D eigenvalue weighted by atomic mass is 10.0. The second-order valence-electron chi connectivity index (χ2n) is 5.19. The molecule has 0 fully saturated rings. The predicted molar refractivity (Wildman–Crippen MR) is 78.6 cm³/mol. The molecule has 2 rings (SSSR count). The van der Waals surface area contributed by atoms with Crippen LogP contribution in [0.4, 0.5) is 0 Å². The molecule has 2 N–H and O–H groups in total. The summed E-state index contributed by atoms with van der Waals surface area (Å²) in [5, 5.41) is 11.7. The van der Waals surface area contributed by atoms with Gasteiger partial charge in [0.25, 0.3) is 5.91 Å². The summed E-state index contributed by atoms with van der Waals surface area (Å²) >= 11 is 3.30. The summed E-state index contributed by atoms with van der Waals surface area (Å²) in [6, 6.07) is 2.20. The smallest absolute Gasteiger partial charge is 0.326 e. The van der Waals surface area contributed by atoms with Gasteiger partial charge in [0.1, 0.15) is 6.04 Å². The SMILES string of the molecule is CC(C)C[C@@H](NC(=O)c1cc(Br)c2c(c1)OCO2)C(=O)O. The molecule has 114 valence electrons. The molecule has 7 heteroatoms. The standard InChI is InChI=1S/C14H16BrNO5/c1-7(2)3-10(14(18)19)16-13(17)8-4-9(15)12-11(5-8)20-6-21-12/h4-5,7,10H,3,6H2,1-2H3,(H,16,17)(H,18,19)/t10-/m1/s1. The molecule has 0 spiro atoms. The van der Waals surface area contributed by atoms with Crippen molar-refractivity contribution in [1.29, 1.82) is 0 Å². The number of hydrogen-bond donors (Lipinski definition) is 2. The molecule has 0 unspecified atom stereocenters. The van der Waals surface area contributed by atoms with Gasteiger partial charge in [-0.2, -0.15) is 0 Å². The van der Waals surface area contributed by atoms with Gasteiger partial charge in [0.2, 0.25) is 6.79 Å². The molecular weight excluding hydrogens is 342 g/mol. The Labute approximate surface area is 130 Å². The number of aliphatic carboxylic acids is 1. The summed E-state index contributed by atoms with van der Waals surface area (Å²) in [5.41, 5.74) is 0.320. The zero-order valence-corrected chi connectivity index (χ0v) is 13.3. The monoisotopic (exact) mass is 357 g/mol. The van der Waals surface area contributed by atoms with Gasteiger partial charge in [-0.05, 0) is 40.4 Å². The van der Waals surface area contributed by atoms with E-state index in [2.05, 4.69) is 21.2 Å². The first kappa shape index (κ1) is 15.6. The number of amides is 1. The Morgan fingerprint density at radius 3 is 2.71 bits per heavy atom. The van der Waals surface area contributed by atoms with Crippen molar-refractivity contribution in [1.82, 2.24) is 5.32 Å². The number of ether oxygens (including phenoxy) is 2. The molecule has 1 heterocycles. The number of carboxylic acids is 1. The van der Waals surface area contributed by atoms with Gasteiger partial charge in [0, 0.05) is 5.56 Å². The number of halogens is 1. The summed E-state index contributed by atoms with van der Waals surface area (Å²) in [5.74, 6) is -0.331. The van der Waals surface area contributed by atoms with E-state index < -0.39 is 17.9 Å². The van der Waals surface area contributed by atoms with E-state index in [0.29, 0.717) is 28.0 Å². The summed E-state index contributed by atoms with van der Waals surface area (Å²) in [6.07, 6.45) is 0.368. The molecule has 0 aromatic heterocycles. The van der Waals surface area contributed by atoms with Crippen molar-refractivity contribution in [2.24, 2.45) is 5.92 Å². The first-order valence-corrected chi connectivity index (χ1v) is 7.30. The van der Waals surface area contributed by atoms with Crippen LogP contribution in [0.5, 0.6) is 11.5 Å². The molecule has 1 aliphatic rings. The number of rotatable bonds is 5. The Kier molecular flexibility index (Phi) is 4.72. The number of carbonyl (C=O) groups is 2. The van der Waals surface area contributed by atoms with Crippen LogP contribution in [-0.2, 0) is 4.79 Å². The predicted octanol–water partition coefficient (Wildman–Crippen LogP) is 2.41. The molecule has 1 aromatic carbocycles. The van der Waals surface area contributed by atoms with Gasteiger partial charge >= 0.3 is 5.97 Å². The van der Waals surface area contributed by atoms with E-state index in [-0.39, 0.29) is 12.7 Å². The molecule has 1 atom stereocenters. The van der Waals surface area contributed by atoms with Crippen LogP contribution < -0.4 is 14.8 Å². The molecule has 21 heavy (non-hydrogen) atoms. The highest BCUT2D eigenvalue weighted by Crippen LogP contribution is 2.39. The minimum atomic E-state index is -1.04. The minimum absolute atomic E-state index is 0.101. The maximum absolute atomic E-state index is 12.2. The van der Waals surface area contributed by atoms with Gasteiger partial charge in [-0.15, -0.1) is 0 Å². The van der Waals surface area contributed by atoms with Crippen molar-refractivity contribution >= 4 is 27.8 Å². The largest absolute Gasteiger partial charge is 0.480 e. The first-order valence-electron chi connectivity index (χ1n) is 6.51. The number of fused-ring (bicyclic) bond motifs is 1. The third kappa shape index (κ3) is 3.66. The third-order valence-corrected chi connectivity index (χ3v) is 3.59. The van der Waals surface area contributed by atoms with Crippen LogP contribution in [0.3, 0.4) is 0 Å². The van der Waals surface area contributed by atoms with Gasteiger partial charge in [0.05, 0.1) is 4.47 Å². The van der Waals surface area contributed by atoms with Crippen LogP contribution in [0.25, 0.3) is 0 Å². The quantitative estimate of drug-likeness (QED) is 0.845. The van der Waals surface area contributed by atoms with E-state index in [1.807, 2.05) is 13.8 Å². The van der Waals surface area contributed by atoms with Crippen molar-refractivity contribution in [3.05, 3.63) is 22.2 Å². The van der Waals surface area contributed by atoms with Gasteiger partial charge in [-0.3, -0.25) is 4.79 Å². The molecule has 0 radical (unpaired) electrons. The molecule has 1 amide bonds. The fraction of sp³-hybridized carbons (Fsp3) is 0.429. The van der Waals surface area contributed by atoms with Gasteiger partial charge in [0.15, 0.2) is 11.5 Å². The molecule has 0 saturated carbocycles. The van der Waals surface area contributed by atoms with Crippen LogP contribution in [0.1, 0.15) is 30.6 Å². The van der Waals surface area contributed by atoms with Crippen molar-refractivity contribution < 1.29 is 24.2 Å². The topological polar surface area (TPSA) is 84.9 Å². The maximum Gasteiger partial charge on any atom is 0.326 e. The van der Waals surface area contributed by atoms with Crippen molar-refractivity contribution in [2.75, 3.05) is 6.79 Å². The van der Waals surface area contributed by atoms with E-state index in [1.165, 1.54) is 6.07 Å².